The van der Waals surface area contributed by atoms with Gasteiger partial charge in [-0.2, -0.15) is 0 Å². The normalized spacial score (nSPS) is 15.7. The van der Waals surface area contributed by atoms with E-state index in [-0.39, 0.29) is 38.1 Å². The molecule has 1 fully saturated rings. The quantitative estimate of drug-likeness (QED) is 0.0522. The maximum Gasteiger partial charge on any atom is 0.326 e. The molecule has 11 N–H and O–H groups in total. The minimum Gasteiger partial charge on any atom is -0.481 e. The Bertz CT molecular complexity index is 2280. The van der Waals surface area contributed by atoms with Gasteiger partial charge in [-0.25, -0.2) is 4.79 Å². The van der Waals surface area contributed by atoms with Crippen molar-refractivity contribution in [2.24, 2.45) is 17.4 Å². The number of carbonyl (C=O) groups excluding carboxylic acids is 5. The van der Waals surface area contributed by atoms with E-state index >= 15 is 0 Å². The predicted octanol–water partition coefficient (Wildman–Crippen LogP) is 3.21. The van der Waals surface area contributed by atoms with Crippen molar-refractivity contribution in [1.29, 1.82) is 0 Å². The van der Waals surface area contributed by atoms with E-state index in [4.69, 9.17) is 11.5 Å². The maximum atomic E-state index is 13.9. The van der Waals surface area contributed by atoms with Crippen LogP contribution in [0.25, 0.3) is 21.5 Å². The van der Waals surface area contributed by atoms with Crippen LogP contribution >= 0.6 is 0 Å². The molecule has 4 aromatic carbocycles. The van der Waals surface area contributed by atoms with E-state index in [9.17, 15) is 43.8 Å². The molecule has 0 aromatic heterocycles. The van der Waals surface area contributed by atoms with Crippen LogP contribution in [0.3, 0.4) is 0 Å². The second kappa shape index (κ2) is 23.9. The van der Waals surface area contributed by atoms with Crippen molar-refractivity contribution in [2.45, 2.75) is 120 Å². The number of amides is 5. The van der Waals surface area contributed by atoms with Crippen LogP contribution < -0.4 is 38.1 Å². The molecule has 1 saturated carbocycles. The smallest absolute Gasteiger partial charge is 0.326 e. The lowest BCUT2D eigenvalue weighted by molar-refractivity contribution is -0.142. The minimum atomic E-state index is -1.48. The van der Waals surface area contributed by atoms with Crippen molar-refractivity contribution in [3.05, 3.63) is 96.1 Å². The highest BCUT2D eigenvalue weighted by Crippen LogP contribution is 2.27. The molecular formula is C48H61N7O9. The summed E-state index contributed by atoms with van der Waals surface area (Å²) in [5.74, 6) is -5.95. The molecule has 16 heteroatoms. The molecule has 0 heterocycles. The number of benzene rings is 4. The van der Waals surface area contributed by atoms with Gasteiger partial charge in [0.05, 0.1) is 6.04 Å². The van der Waals surface area contributed by atoms with Gasteiger partial charge in [0.2, 0.25) is 29.5 Å². The average molecular weight is 880 g/mol. The van der Waals surface area contributed by atoms with Crippen LogP contribution in [0.2, 0.25) is 0 Å². The van der Waals surface area contributed by atoms with E-state index in [1.54, 1.807) is 13.0 Å². The second-order valence-electron chi connectivity index (χ2n) is 16.8. The van der Waals surface area contributed by atoms with E-state index in [1.165, 1.54) is 0 Å². The molecule has 5 amide bonds. The summed E-state index contributed by atoms with van der Waals surface area (Å²) in [4.78, 5) is 91.8. The highest BCUT2D eigenvalue weighted by Gasteiger charge is 2.32. The van der Waals surface area contributed by atoms with Crippen molar-refractivity contribution in [1.82, 2.24) is 26.6 Å². The molecule has 1 unspecified atom stereocenters. The first-order chi connectivity index (χ1) is 30.7. The number of nitrogens with two attached hydrogens (primary N) is 2. The lowest BCUT2D eigenvalue weighted by Gasteiger charge is -2.28. The summed E-state index contributed by atoms with van der Waals surface area (Å²) in [5, 5.41) is 36.2. The van der Waals surface area contributed by atoms with E-state index in [2.05, 4.69) is 26.6 Å². The number of carboxylic acid groups (broad SMARTS) is 2. The summed E-state index contributed by atoms with van der Waals surface area (Å²) < 4.78 is 0. The first-order valence-electron chi connectivity index (χ1n) is 22.1. The van der Waals surface area contributed by atoms with Crippen LogP contribution in [0, 0.1) is 5.92 Å². The standard InChI is InChI=1S/C48H61N7O9/c1-2-10-39(48(63)64)53-47(62)41(27-31-18-20-33-14-7-9-16-35(33)24-31)55-46(61)38(21-22-42(56)57)52-44(59)37(50)28-51-45(60)40(26-29-11-4-3-5-12-29)54-43(58)36(49)25-30-17-19-32-13-6-8-15-34(32)23-30/h6-9,13-20,23-24,29,36-41H,2-5,10-12,21-22,25-28,49-50H2,1H3,(H,51,60)(H,52,59)(H,53,62)(H,54,58)(H,55,61)(H,56,57)(H,63,64)/t36-,37?,38-,39-,40-,41-/m0/s1. The number of carbonyl (C=O) groups is 7. The molecule has 1 aliphatic rings. The third-order valence-electron chi connectivity index (χ3n) is 11.7. The Morgan fingerprint density at radius 3 is 1.67 bits per heavy atom. The van der Waals surface area contributed by atoms with Gasteiger partial charge in [0.15, 0.2) is 0 Å². The number of rotatable bonds is 23. The van der Waals surface area contributed by atoms with E-state index in [0.29, 0.717) is 18.4 Å². The summed E-state index contributed by atoms with van der Waals surface area (Å²) >= 11 is 0. The first kappa shape index (κ1) is 48.6. The van der Waals surface area contributed by atoms with Crippen LogP contribution in [0.5, 0.6) is 0 Å². The van der Waals surface area contributed by atoms with E-state index in [1.807, 2.05) is 78.9 Å². The topological polar surface area (TPSA) is 272 Å². The van der Waals surface area contributed by atoms with E-state index in [0.717, 1.165) is 59.2 Å². The van der Waals surface area contributed by atoms with Gasteiger partial charge in [-0.3, -0.25) is 28.8 Å². The number of hydrogen-bond acceptors (Lipinski definition) is 9. The Labute approximate surface area is 372 Å². The number of hydrogen-bond donors (Lipinski definition) is 9. The van der Waals surface area contributed by atoms with Crippen LogP contribution in [-0.2, 0) is 46.4 Å². The SMILES string of the molecule is CCC[C@H](NC(=O)[C@H](Cc1ccc2ccccc2c1)NC(=O)[C@H](CCC(=O)O)NC(=O)C(N)CNC(=O)[C@H](CC1CCCCC1)NC(=O)[C@@H](N)Cc1ccc2ccccc2c1)C(=O)O. The van der Waals surface area contributed by atoms with Crippen molar-refractivity contribution in [3.63, 3.8) is 0 Å². The lowest BCUT2D eigenvalue weighted by atomic mass is 9.84. The van der Waals surface area contributed by atoms with Crippen molar-refractivity contribution < 1.29 is 43.8 Å². The molecule has 0 bridgehead atoms. The van der Waals surface area contributed by atoms with Gasteiger partial charge in [0.25, 0.3) is 0 Å². The zero-order valence-corrected chi connectivity index (χ0v) is 36.2. The summed E-state index contributed by atoms with van der Waals surface area (Å²) in [5.41, 5.74) is 14.1. The largest absolute Gasteiger partial charge is 0.481 e. The molecule has 342 valence electrons. The third kappa shape index (κ3) is 14.6. The Morgan fingerprint density at radius 2 is 1.09 bits per heavy atom. The Hall–Kier alpha value is -6.39. The van der Waals surface area contributed by atoms with Crippen LogP contribution in [0.4, 0.5) is 0 Å². The molecule has 4 aromatic rings. The number of carboxylic acids is 2. The molecule has 0 radical (unpaired) electrons. The highest BCUT2D eigenvalue weighted by molar-refractivity contribution is 5.95. The first-order valence-corrected chi connectivity index (χ1v) is 22.1. The van der Waals surface area contributed by atoms with Gasteiger partial charge in [-0.15, -0.1) is 0 Å². The zero-order valence-electron chi connectivity index (χ0n) is 36.2. The Kier molecular flexibility index (Phi) is 18.2. The molecule has 6 atom stereocenters. The Morgan fingerprint density at radius 1 is 0.578 bits per heavy atom. The van der Waals surface area contributed by atoms with Gasteiger partial charge in [-0.05, 0) is 64.3 Å². The molecule has 0 spiro atoms. The number of nitrogens with one attached hydrogen (secondary N) is 5. The molecule has 1 aliphatic carbocycles. The third-order valence-corrected chi connectivity index (χ3v) is 11.7. The number of fused-ring (bicyclic) bond motifs is 2. The fourth-order valence-corrected chi connectivity index (χ4v) is 8.12. The molecule has 5 rings (SSSR count). The maximum absolute atomic E-state index is 13.9. The summed E-state index contributed by atoms with van der Waals surface area (Å²) in [7, 11) is 0. The molecular weight excluding hydrogens is 819 g/mol. The lowest BCUT2D eigenvalue weighted by Crippen LogP contribution is -2.59. The fraction of sp³-hybridized carbons (Fsp3) is 0.438. The van der Waals surface area contributed by atoms with Gasteiger partial charge in [-0.1, -0.05) is 130 Å². The minimum absolute atomic E-state index is 0.0566. The van der Waals surface area contributed by atoms with Crippen molar-refractivity contribution in [3.8, 4) is 0 Å². The fourth-order valence-electron chi connectivity index (χ4n) is 8.12. The summed E-state index contributed by atoms with van der Waals surface area (Å²) in [6.07, 6.45) is 5.13. The second-order valence-corrected chi connectivity index (χ2v) is 16.8. The average Bonchev–Trinajstić information content (AvgIpc) is 3.28. The van der Waals surface area contributed by atoms with E-state index < -0.39 is 84.1 Å². The van der Waals surface area contributed by atoms with Gasteiger partial charge in [0.1, 0.15) is 30.2 Å². The predicted molar refractivity (Wildman–Crippen MR) is 243 cm³/mol. The molecule has 64 heavy (non-hydrogen) atoms. The van der Waals surface area contributed by atoms with Crippen molar-refractivity contribution >= 4 is 63.0 Å². The zero-order chi connectivity index (χ0) is 46.2. The van der Waals surface area contributed by atoms with Gasteiger partial charge < -0.3 is 48.3 Å². The monoisotopic (exact) mass is 879 g/mol. The van der Waals surface area contributed by atoms with Crippen LogP contribution in [0.1, 0.15) is 82.3 Å². The number of aliphatic carboxylic acids is 2. The summed E-state index contributed by atoms with van der Waals surface area (Å²) in [6.45, 7) is 1.38. The molecule has 16 nitrogen and oxygen atoms in total. The summed E-state index contributed by atoms with van der Waals surface area (Å²) in [6, 6.07) is 19.3. The van der Waals surface area contributed by atoms with Crippen LogP contribution in [0.15, 0.2) is 84.9 Å². The van der Waals surface area contributed by atoms with Crippen LogP contribution in [-0.4, -0.2) is 94.5 Å². The molecule has 0 saturated heterocycles. The van der Waals surface area contributed by atoms with Crippen molar-refractivity contribution in [2.75, 3.05) is 6.54 Å². The van der Waals surface area contributed by atoms with Gasteiger partial charge in [0, 0.05) is 19.4 Å². The van der Waals surface area contributed by atoms with Gasteiger partial charge >= 0.3 is 11.9 Å². The highest BCUT2D eigenvalue weighted by atomic mass is 16.4. The molecule has 0 aliphatic heterocycles. The Balaban J connectivity index is 1.25.